The first-order valence-corrected chi connectivity index (χ1v) is 6.56. The molecule has 3 heteroatoms. The van der Waals surface area contributed by atoms with Gasteiger partial charge in [-0.3, -0.25) is 4.68 Å². The Bertz CT molecular complexity index is 581. The number of hydrogen-bond donors (Lipinski definition) is 1. The van der Waals surface area contributed by atoms with Crippen LogP contribution in [0.1, 0.15) is 31.0 Å². The van der Waals surface area contributed by atoms with Crippen LogP contribution in [0.25, 0.3) is 11.1 Å². The number of aryl methyl sites for hydroxylation is 1. The van der Waals surface area contributed by atoms with E-state index in [1.165, 1.54) is 28.1 Å². The molecular formula is C15H19N3. The molecule has 2 aromatic rings. The molecule has 1 N–H and O–H groups in total. The lowest BCUT2D eigenvalue weighted by atomic mass is 9.98. The van der Waals surface area contributed by atoms with Crippen molar-refractivity contribution in [2.45, 2.75) is 26.2 Å². The lowest BCUT2D eigenvalue weighted by Gasteiger charge is -2.07. The van der Waals surface area contributed by atoms with Gasteiger partial charge in [-0.05, 0) is 35.6 Å². The molecule has 1 aromatic heterocycles. The summed E-state index contributed by atoms with van der Waals surface area (Å²) in [6, 6.07) is 6.69. The van der Waals surface area contributed by atoms with Gasteiger partial charge in [-0.1, -0.05) is 19.9 Å². The minimum absolute atomic E-state index is 0.451. The van der Waals surface area contributed by atoms with Gasteiger partial charge in [-0.15, -0.1) is 0 Å². The summed E-state index contributed by atoms with van der Waals surface area (Å²) in [4.78, 5) is 0. The van der Waals surface area contributed by atoms with Gasteiger partial charge in [0.15, 0.2) is 0 Å². The van der Waals surface area contributed by atoms with Gasteiger partial charge in [-0.25, -0.2) is 0 Å². The highest BCUT2D eigenvalue weighted by Gasteiger charge is 2.16. The van der Waals surface area contributed by atoms with Gasteiger partial charge in [0, 0.05) is 31.0 Å². The summed E-state index contributed by atoms with van der Waals surface area (Å²) < 4.78 is 1.91. The van der Waals surface area contributed by atoms with Crippen LogP contribution in [0.3, 0.4) is 0 Å². The first-order chi connectivity index (χ1) is 8.65. The predicted octanol–water partition coefficient (Wildman–Crippen LogP) is 3.18. The molecule has 3 nitrogen and oxygen atoms in total. The second-order valence-electron chi connectivity index (χ2n) is 5.31. The van der Waals surface area contributed by atoms with Crippen molar-refractivity contribution in [3.8, 4) is 11.1 Å². The Morgan fingerprint density at radius 3 is 2.94 bits per heavy atom. The highest BCUT2D eigenvalue weighted by Crippen LogP contribution is 2.32. The van der Waals surface area contributed by atoms with Gasteiger partial charge in [0.1, 0.15) is 0 Å². The van der Waals surface area contributed by atoms with Gasteiger partial charge < -0.3 is 5.32 Å². The number of hydrogen-bond acceptors (Lipinski definition) is 2. The summed E-state index contributed by atoms with van der Waals surface area (Å²) in [5, 5.41) is 7.98. The molecule has 0 unspecified atom stereocenters. The lowest BCUT2D eigenvalue weighted by Crippen LogP contribution is -1.93. The maximum absolute atomic E-state index is 4.58. The zero-order valence-corrected chi connectivity index (χ0v) is 11.2. The van der Waals surface area contributed by atoms with E-state index in [-0.39, 0.29) is 0 Å². The molecule has 0 spiro atoms. The molecule has 0 amide bonds. The zero-order chi connectivity index (χ0) is 12.7. The summed E-state index contributed by atoms with van der Waals surface area (Å²) in [7, 11) is 1.99. The molecule has 0 aliphatic carbocycles. The van der Waals surface area contributed by atoms with Crippen LogP contribution >= 0.6 is 0 Å². The Labute approximate surface area is 108 Å². The van der Waals surface area contributed by atoms with Gasteiger partial charge in [0.2, 0.25) is 0 Å². The summed E-state index contributed by atoms with van der Waals surface area (Å²) in [5.41, 5.74) is 6.44. The summed E-state index contributed by atoms with van der Waals surface area (Å²) >= 11 is 0. The summed E-state index contributed by atoms with van der Waals surface area (Å²) in [6.07, 6.45) is 3.25. The predicted molar refractivity (Wildman–Crippen MR) is 74.9 cm³/mol. The van der Waals surface area contributed by atoms with E-state index in [9.17, 15) is 0 Å². The second kappa shape index (κ2) is 4.16. The highest BCUT2D eigenvalue weighted by molar-refractivity contribution is 5.71. The first kappa shape index (κ1) is 11.3. The van der Waals surface area contributed by atoms with Crippen LogP contribution in [0.15, 0.2) is 24.4 Å². The fourth-order valence-electron chi connectivity index (χ4n) is 2.63. The van der Waals surface area contributed by atoms with E-state index < -0.39 is 0 Å². The fourth-order valence-corrected chi connectivity index (χ4v) is 2.63. The minimum Gasteiger partial charge on any atom is -0.384 e. The first-order valence-electron chi connectivity index (χ1n) is 6.56. The topological polar surface area (TPSA) is 29.9 Å². The zero-order valence-electron chi connectivity index (χ0n) is 11.2. The Hall–Kier alpha value is -1.77. The molecule has 0 atom stereocenters. The number of rotatable bonds is 2. The Balaban J connectivity index is 2.09. The molecule has 1 aromatic carbocycles. The van der Waals surface area contributed by atoms with Crippen molar-refractivity contribution in [2.24, 2.45) is 7.05 Å². The summed E-state index contributed by atoms with van der Waals surface area (Å²) in [5.74, 6) is 0.451. The largest absolute Gasteiger partial charge is 0.384 e. The fraction of sp³-hybridized carbons (Fsp3) is 0.400. The number of benzene rings is 1. The molecule has 2 heterocycles. The molecule has 0 radical (unpaired) electrons. The van der Waals surface area contributed by atoms with Crippen molar-refractivity contribution in [2.75, 3.05) is 11.9 Å². The second-order valence-corrected chi connectivity index (χ2v) is 5.31. The molecule has 1 aliphatic heterocycles. The van der Waals surface area contributed by atoms with Crippen LogP contribution in [0.5, 0.6) is 0 Å². The number of nitrogens with one attached hydrogen (secondary N) is 1. The van der Waals surface area contributed by atoms with E-state index in [0.29, 0.717) is 5.92 Å². The molecule has 0 bridgehead atoms. The lowest BCUT2D eigenvalue weighted by molar-refractivity contribution is 0.713. The smallest absolute Gasteiger partial charge is 0.0728 e. The maximum atomic E-state index is 4.58. The molecule has 18 heavy (non-hydrogen) atoms. The summed E-state index contributed by atoms with van der Waals surface area (Å²) in [6.45, 7) is 5.45. The normalized spacial score (nSPS) is 13.8. The third-order valence-electron chi connectivity index (χ3n) is 3.53. The van der Waals surface area contributed by atoms with E-state index in [4.69, 9.17) is 0 Å². The molecule has 94 valence electrons. The Kier molecular flexibility index (Phi) is 2.62. The van der Waals surface area contributed by atoms with Crippen LogP contribution in [0.2, 0.25) is 0 Å². The van der Waals surface area contributed by atoms with E-state index >= 15 is 0 Å². The molecule has 0 fully saturated rings. The monoisotopic (exact) mass is 241 g/mol. The number of anilines is 1. The van der Waals surface area contributed by atoms with Gasteiger partial charge >= 0.3 is 0 Å². The van der Waals surface area contributed by atoms with Crippen molar-refractivity contribution in [1.29, 1.82) is 0 Å². The maximum Gasteiger partial charge on any atom is 0.0728 e. The van der Waals surface area contributed by atoms with Crippen molar-refractivity contribution in [3.05, 3.63) is 35.7 Å². The quantitative estimate of drug-likeness (QED) is 0.875. The van der Waals surface area contributed by atoms with Crippen LogP contribution in [0.4, 0.5) is 5.69 Å². The standard InChI is InChI=1S/C15H19N3/c1-10(2)15-13(9-18(3)17-15)11-4-5-14-12(8-11)6-7-16-14/h4-5,8-10,16H,6-7H2,1-3H3. The third kappa shape index (κ3) is 1.80. The number of aromatic nitrogens is 2. The molecule has 3 rings (SSSR count). The van der Waals surface area contributed by atoms with Crippen molar-refractivity contribution >= 4 is 5.69 Å². The van der Waals surface area contributed by atoms with E-state index in [1.54, 1.807) is 0 Å². The molecule has 0 saturated heterocycles. The third-order valence-corrected chi connectivity index (χ3v) is 3.53. The van der Waals surface area contributed by atoms with Gasteiger partial charge in [0.05, 0.1) is 5.69 Å². The minimum atomic E-state index is 0.451. The average molecular weight is 241 g/mol. The van der Waals surface area contributed by atoms with Gasteiger partial charge in [0.25, 0.3) is 0 Å². The van der Waals surface area contributed by atoms with E-state index in [0.717, 1.165) is 13.0 Å². The number of nitrogens with zero attached hydrogens (tertiary/aromatic N) is 2. The Morgan fingerprint density at radius 2 is 2.17 bits per heavy atom. The van der Waals surface area contributed by atoms with Crippen molar-refractivity contribution < 1.29 is 0 Å². The van der Waals surface area contributed by atoms with Gasteiger partial charge in [-0.2, -0.15) is 5.10 Å². The van der Waals surface area contributed by atoms with Crippen LogP contribution in [-0.2, 0) is 13.5 Å². The molecule has 0 saturated carbocycles. The van der Waals surface area contributed by atoms with Crippen LogP contribution < -0.4 is 5.32 Å². The van der Waals surface area contributed by atoms with E-state index in [2.05, 4.69) is 48.7 Å². The molecular weight excluding hydrogens is 222 g/mol. The van der Waals surface area contributed by atoms with E-state index in [1.807, 2.05) is 11.7 Å². The SMILES string of the molecule is CC(C)c1nn(C)cc1-c1ccc2c(c1)CCN2. The van der Waals surface area contributed by atoms with Crippen molar-refractivity contribution in [3.63, 3.8) is 0 Å². The average Bonchev–Trinajstić information content (AvgIpc) is 2.93. The van der Waals surface area contributed by atoms with Crippen LogP contribution in [-0.4, -0.2) is 16.3 Å². The van der Waals surface area contributed by atoms with Crippen molar-refractivity contribution in [1.82, 2.24) is 9.78 Å². The van der Waals surface area contributed by atoms with Crippen LogP contribution in [0, 0.1) is 0 Å². The Morgan fingerprint density at radius 1 is 1.33 bits per heavy atom. The number of fused-ring (bicyclic) bond motifs is 1. The molecule has 1 aliphatic rings. The highest BCUT2D eigenvalue weighted by atomic mass is 15.3.